The quantitative estimate of drug-likeness (QED) is 0.584. The average Bonchev–Trinajstić information content (AvgIpc) is 3.16. The molecule has 9 heteroatoms. The third kappa shape index (κ3) is 5.24. The summed E-state index contributed by atoms with van der Waals surface area (Å²) in [6.45, 7) is 5.78. The van der Waals surface area contributed by atoms with Crippen LogP contribution in [0, 0.1) is 6.92 Å². The van der Waals surface area contributed by atoms with Crippen molar-refractivity contribution in [3.63, 3.8) is 0 Å². The molecule has 2 aromatic heterocycles. The topological polar surface area (TPSA) is 85.2 Å². The van der Waals surface area contributed by atoms with Crippen molar-refractivity contribution in [2.45, 2.75) is 18.6 Å². The lowest BCUT2D eigenvalue weighted by Crippen LogP contribution is -2.36. The first kappa shape index (κ1) is 20.5. The smallest absolute Gasteiger partial charge is 0.236 e. The monoisotopic (exact) mass is 424 g/mol. The summed E-state index contributed by atoms with van der Waals surface area (Å²) >= 11 is 1.36. The van der Waals surface area contributed by atoms with E-state index in [0.29, 0.717) is 17.5 Å². The number of thioether (sulfide) groups is 1. The van der Waals surface area contributed by atoms with Gasteiger partial charge in [0.05, 0.1) is 25.5 Å². The molecular weight excluding hydrogens is 400 g/mol. The van der Waals surface area contributed by atoms with Crippen molar-refractivity contribution < 1.29 is 9.53 Å². The molecule has 0 atom stereocenters. The SMILES string of the molecule is Cc1cccc(NC(=O)CSc2nnc(CN3CCOCC3)n2-c2ccccc2)n1. The molecule has 4 rings (SSSR count). The van der Waals surface area contributed by atoms with Gasteiger partial charge in [-0.3, -0.25) is 14.3 Å². The van der Waals surface area contributed by atoms with Crippen molar-refractivity contribution in [3.8, 4) is 5.69 Å². The first-order chi connectivity index (χ1) is 14.7. The van der Waals surface area contributed by atoms with Crippen LogP contribution < -0.4 is 5.32 Å². The maximum Gasteiger partial charge on any atom is 0.236 e. The fourth-order valence-corrected chi connectivity index (χ4v) is 3.98. The molecule has 1 fully saturated rings. The number of aryl methyl sites for hydroxylation is 1. The van der Waals surface area contributed by atoms with Gasteiger partial charge in [-0.05, 0) is 31.2 Å². The van der Waals surface area contributed by atoms with Crippen LogP contribution in [0.25, 0.3) is 5.69 Å². The highest BCUT2D eigenvalue weighted by Gasteiger charge is 2.19. The van der Waals surface area contributed by atoms with E-state index >= 15 is 0 Å². The lowest BCUT2D eigenvalue weighted by atomic mass is 10.3. The van der Waals surface area contributed by atoms with Gasteiger partial charge >= 0.3 is 0 Å². The number of amides is 1. The first-order valence-corrected chi connectivity index (χ1v) is 10.8. The number of morpholine rings is 1. The molecule has 1 aromatic carbocycles. The minimum Gasteiger partial charge on any atom is -0.379 e. The van der Waals surface area contributed by atoms with Gasteiger partial charge in [-0.1, -0.05) is 36.0 Å². The molecule has 0 saturated carbocycles. The maximum absolute atomic E-state index is 12.4. The van der Waals surface area contributed by atoms with Gasteiger partial charge < -0.3 is 10.1 Å². The van der Waals surface area contributed by atoms with E-state index in [9.17, 15) is 4.79 Å². The number of carbonyl (C=O) groups is 1. The Labute approximate surface area is 179 Å². The van der Waals surface area contributed by atoms with Gasteiger partial charge in [0.15, 0.2) is 11.0 Å². The molecule has 3 aromatic rings. The van der Waals surface area contributed by atoms with Crippen LogP contribution >= 0.6 is 11.8 Å². The summed E-state index contributed by atoms with van der Waals surface area (Å²) in [7, 11) is 0. The van der Waals surface area contributed by atoms with Crippen molar-refractivity contribution in [1.29, 1.82) is 0 Å². The minimum absolute atomic E-state index is 0.129. The number of para-hydroxylation sites is 1. The van der Waals surface area contributed by atoms with Gasteiger partial charge in [0, 0.05) is 24.5 Å². The Morgan fingerprint density at radius 1 is 1.10 bits per heavy atom. The van der Waals surface area contributed by atoms with E-state index in [4.69, 9.17) is 4.74 Å². The lowest BCUT2D eigenvalue weighted by molar-refractivity contribution is -0.113. The molecule has 0 aliphatic carbocycles. The molecule has 3 heterocycles. The van der Waals surface area contributed by atoms with Crippen molar-refractivity contribution in [1.82, 2.24) is 24.6 Å². The van der Waals surface area contributed by atoms with Crippen LogP contribution in [-0.2, 0) is 16.1 Å². The van der Waals surface area contributed by atoms with Crippen LogP contribution in [0.5, 0.6) is 0 Å². The van der Waals surface area contributed by atoms with E-state index in [2.05, 4.69) is 25.4 Å². The zero-order chi connectivity index (χ0) is 20.8. The first-order valence-electron chi connectivity index (χ1n) is 9.85. The third-order valence-corrected chi connectivity index (χ3v) is 5.60. The molecule has 156 valence electrons. The zero-order valence-electron chi connectivity index (χ0n) is 16.8. The summed E-state index contributed by atoms with van der Waals surface area (Å²) in [5.74, 6) is 1.50. The van der Waals surface area contributed by atoms with Crippen molar-refractivity contribution >= 4 is 23.5 Å². The Kier molecular flexibility index (Phi) is 6.73. The second-order valence-corrected chi connectivity index (χ2v) is 7.90. The van der Waals surface area contributed by atoms with E-state index in [1.807, 2.05) is 54.0 Å². The predicted molar refractivity (Wildman–Crippen MR) is 116 cm³/mol. The Morgan fingerprint density at radius 3 is 2.67 bits per heavy atom. The molecular formula is C21H24N6O2S. The second-order valence-electron chi connectivity index (χ2n) is 6.96. The Hall–Kier alpha value is -2.75. The van der Waals surface area contributed by atoms with Crippen molar-refractivity contribution in [2.24, 2.45) is 0 Å². The number of carbonyl (C=O) groups excluding carboxylic acids is 1. The van der Waals surface area contributed by atoms with Gasteiger partial charge in [0.25, 0.3) is 0 Å². The molecule has 0 bridgehead atoms. The highest BCUT2D eigenvalue weighted by atomic mass is 32.2. The number of nitrogens with one attached hydrogen (secondary N) is 1. The Bertz CT molecular complexity index is 988. The summed E-state index contributed by atoms with van der Waals surface area (Å²) in [6.07, 6.45) is 0. The molecule has 1 saturated heterocycles. The fourth-order valence-electron chi connectivity index (χ4n) is 3.21. The molecule has 30 heavy (non-hydrogen) atoms. The number of rotatable bonds is 7. The van der Waals surface area contributed by atoms with Crippen LogP contribution in [0.2, 0.25) is 0 Å². The van der Waals surface area contributed by atoms with Crippen LogP contribution in [0.3, 0.4) is 0 Å². The van der Waals surface area contributed by atoms with Gasteiger partial charge in [0.1, 0.15) is 5.82 Å². The second kappa shape index (κ2) is 9.84. The van der Waals surface area contributed by atoms with E-state index in [1.165, 1.54) is 11.8 Å². The summed E-state index contributed by atoms with van der Waals surface area (Å²) in [5.41, 5.74) is 1.84. The van der Waals surface area contributed by atoms with E-state index in [1.54, 1.807) is 6.07 Å². The number of hydrogen-bond acceptors (Lipinski definition) is 7. The molecule has 0 spiro atoms. The standard InChI is InChI=1S/C21H24N6O2S/c1-16-6-5-9-18(22-16)23-20(28)15-30-21-25-24-19(14-26-10-12-29-13-11-26)27(21)17-7-3-2-4-8-17/h2-9H,10-15H2,1H3,(H,22,23,28). The molecule has 0 radical (unpaired) electrons. The number of ether oxygens (including phenoxy) is 1. The molecule has 1 N–H and O–H groups in total. The van der Waals surface area contributed by atoms with E-state index in [-0.39, 0.29) is 11.7 Å². The highest BCUT2D eigenvalue weighted by molar-refractivity contribution is 7.99. The largest absolute Gasteiger partial charge is 0.379 e. The molecule has 1 aliphatic heterocycles. The Morgan fingerprint density at radius 2 is 1.90 bits per heavy atom. The average molecular weight is 425 g/mol. The molecule has 0 unspecified atom stereocenters. The van der Waals surface area contributed by atoms with E-state index in [0.717, 1.165) is 43.5 Å². The highest BCUT2D eigenvalue weighted by Crippen LogP contribution is 2.23. The zero-order valence-corrected chi connectivity index (χ0v) is 17.6. The van der Waals surface area contributed by atoms with Crippen molar-refractivity contribution in [3.05, 3.63) is 60.0 Å². The molecule has 1 amide bonds. The van der Waals surface area contributed by atoms with E-state index < -0.39 is 0 Å². The van der Waals surface area contributed by atoms with Gasteiger partial charge in [-0.15, -0.1) is 10.2 Å². The lowest BCUT2D eigenvalue weighted by Gasteiger charge is -2.26. The number of benzene rings is 1. The van der Waals surface area contributed by atoms with Gasteiger partial charge in [0.2, 0.25) is 5.91 Å². The number of aromatic nitrogens is 4. The maximum atomic E-state index is 12.4. The summed E-state index contributed by atoms with van der Waals surface area (Å²) < 4.78 is 7.47. The number of hydrogen-bond donors (Lipinski definition) is 1. The number of anilines is 1. The third-order valence-electron chi connectivity index (χ3n) is 4.67. The van der Waals surface area contributed by atoms with Gasteiger partial charge in [-0.25, -0.2) is 4.98 Å². The Balaban J connectivity index is 1.48. The summed E-state index contributed by atoms with van der Waals surface area (Å²) in [6, 6.07) is 15.5. The fraction of sp³-hybridized carbons (Fsp3) is 0.333. The summed E-state index contributed by atoms with van der Waals surface area (Å²) in [5, 5.41) is 12.3. The molecule has 8 nitrogen and oxygen atoms in total. The normalized spacial score (nSPS) is 14.6. The van der Waals surface area contributed by atoms with Crippen LogP contribution in [0.15, 0.2) is 53.7 Å². The van der Waals surface area contributed by atoms with Gasteiger partial charge in [-0.2, -0.15) is 0 Å². The summed E-state index contributed by atoms with van der Waals surface area (Å²) in [4.78, 5) is 19.0. The van der Waals surface area contributed by atoms with Crippen LogP contribution in [0.4, 0.5) is 5.82 Å². The van der Waals surface area contributed by atoms with Crippen LogP contribution in [0.1, 0.15) is 11.5 Å². The molecule has 1 aliphatic rings. The van der Waals surface area contributed by atoms with Crippen molar-refractivity contribution in [2.75, 3.05) is 37.4 Å². The minimum atomic E-state index is -0.129. The number of pyridine rings is 1. The number of nitrogens with zero attached hydrogens (tertiary/aromatic N) is 5. The van der Waals surface area contributed by atoms with Crippen LogP contribution in [-0.4, -0.2) is 62.6 Å². The predicted octanol–water partition coefficient (Wildman–Crippen LogP) is 2.53.